The monoisotopic (exact) mass is 277 g/mol. The maximum absolute atomic E-state index is 11.7. The van der Waals surface area contributed by atoms with E-state index in [4.69, 9.17) is 9.52 Å². The average Bonchev–Trinajstić information content (AvgIpc) is 2.99. The maximum atomic E-state index is 11.7. The van der Waals surface area contributed by atoms with Crippen LogP contribution in [0.15, 0.2) is 22.6 Å². The minimum Gasteiger partial charge on any atom is -0.461 e. The molecule has 2 N–H and O–H groups in total. The summed E-state index contributed by atoms with van der Waals surface area (Å²) in [6, 6.07) is 3.92. The number of rotatable bonds is 7. The highest BCUT2D eigenvalue weighted by Crippen LogP contribution is 2.47. The van der Waals surface area contributed by atoms with E-state index in [9.17, 15) is 4.79 Å². The van der Waals surface area contributed by atoms with Crippen LogP contribution in [0.5, 0.6) is 0 Å². The van der Waals surface area contributed by atoms with Crippen molar-refractivity contribution in [3.05, 3.63) is 29.7 Å². The highest BCUT2D eigenvalue weighted by Gasteiger charge is 2.36. The molecule has 3 atom stereocenters. The quantitative estimate of drug-likeness (QED) is 0.753. The van der Waals surface area contributed by atoms with E-state index in [1.807, 2.05) is 19.1 Å². The molecule has 4 nitrogen and oxygen atoms in total. The third-order valence-electron chi connectivity index (χ3n) is 3.84. The maximum Gasteiger partial charge on any atom is 0.244 e. The number of aliphatic hydroxyl groups excluding tert-OH is 1. The Morgan fingerprint density at radius 3 is 2.95 bits per heavy atom. The van der Waals surface area contributed by atoms with Crippen molar-refractivity contribution in [1.82, 2.24) is 5.32 Å². The van der Waals surface area contributed by atoms with Gasteiger partial charge in [-0.05, 0) is 43.4 Å². The summed E-state index contributed by atoms with van der Waals surface area (Å²) < 4.78 is 5.70. The Kier molecular flexibility index (Phi) is 5.01. The van der Waals surface area contributed by atoms with Crippen LogP contribution in [0.2, 0.25) is 0 Å². The smallest absolute Gasteiger partial charge is 0.244 e. The van der Waals surface area contributed by atoms with Crippen molar-refractivity contribution in [2.45, 2.75) is 45.1 Å². The molecule has 2 rings (SSSR count). The van der Waals surface area contributed by atoms with E-state index in [1.165, 1.54) is 12.5 Å². The van der Waals surface area contributed by atoms with Crippen molar-refractivity contribution in [1.29, 1.82) is 0 Å². The second-order valence-corrected chi connectivity index (χ2v) is 5.52. The molecule has 1 aromatic rings. The molecule has 0 spiro atoms. The van der Waals surface area contributed by atoms with Crippen molar-refractivity contribution < 1.29 is 14.3 Å². The molecule has 3 unspecified atom stereocenters. The molecule has 110 valence electrons. The first-order valence-electron chi connectivity index (χ1n) is 7.33. The molecule has 1 aromatic heterocycles. The summed E-state index contributed by atoms with van der Waals surface area (Å²) in [5.41, 5.74) is 0. The molecule has 0 bridgehead atoms. The van der Waals surface area contributed by atoms with Crippen molar-refractivity contribution in [3.8, 4) is 0 Å². The Bertz CT molecular complexity index is 478. The Labute approximate surface area is 119 Å². The Hall–Kier alpha value is -1.55. The number of hydrogen-bond acceptors (Lipinski definition) is 3. The molecule has 20 heavy (non-hydrogen) atoms. The van der Waals surface area contributed by atoms with Crippen LogP contribution in [0.1, 0.15) is 50.5 Å². The molecule has 1 saturated carbocycles. The van der Waals surface area contributed by atoms with Crippen molar-refractivity contribution in [2.24, 2.45) is 5.92 Å². The van der Waals surface area contributed by atoms with Crippen molar-refractivity contribution in [3.63, 3.8) is 0 Å². The number of carbonyl (C=O) groups is 1. The Balaban J connectivity index is 1.85. The summed E-state index contributed by atoms with van der Waals surface area (Å²) in [4.78, 5) is 11.7. The van der Waals surface area contributed by atoms with Crippen LogP contribution in [0.25, 0.3) is 6.08 Å². The molecular formula is C16H23NO3. The fourth-order valence-corrected chi connectivity index (χ4v) is 2.32. The molecule has 1 fully saturated rings. The molecule has 1 aliphatic rings. The van der Waals surface area contributed by atoms with Gasteiger partial charge in [0.15, 0.2) is 0 Å². The lowest BCUT2D eigenvalue weighted by atomic mass is 10.1. The fourth-order valence-electron chi connectivity index (χ4n) is 2.32. The van der Waals surface area contributed by atoms with Gasteiger partial charge in [-0.25, -0.2) is 0 Å². The number of amides is 1. The van der Waals surface area contributed by atoms with Gasteiger partial charge in [0, 0.05) is 24.6 Å². The molecule has 0 radical (unpaired) electrons. The highest BCUT2D eigenvalue weighted by atomic mass is 16.3. The van der Waals surface area contributed by atoms with E-state index in [0.717, 1.165) is 12.2 Å². The average molecular weight is 277 g/mol. The highest BCUT2D eigenvalue weighted by molar-refractivity contribution is 5.91. The van der Waals surface area contributed by atoms with E-state index in [2.05, 4.69) is 12.2 Å². The van der Waals surface area contributed by atoms with Gasteiger partial charge in [0.2, 0.25) is 5.91 Å². The Morgan fingerprint density at radius 1 is 1.60 bits per heavy atom. The summed E-state index contributed by atoms with van der Waals surface area (Å²) in [5.74, 6) is 2.85. The number of hydrogen-bond donors (Lipinski definition) is 2. The van der Waals surface area contributed by atoms with Gasteiger partial charge in [0.25, 0.3) is 0 Å². The van der Waals surface area contributed by atoms with Crippen LogP contribution in [-0.4, -0.2) is 23.7 Å². The molecule has 0 aliphatic heterocycles. The van der Waals surface area contributed by atoms with E-state index in [1.54, 1.807) is 6.08 Å². The van der Waals surface area contributed by atoms with Crippen LogP contribution >= 0.6 is 0 Å². The largest absolute Gasteiger partial charge is 0.461 e. The van der Waals surface area contributed by atoms with E-state index in [-0.39, 0.29) is 18.6 Å². The minimum atomic E-state index is -0.150. The van der Waals surface area contributed by atoms with E-state index >= 15 is 0 Å². The lowest BCUT2D eigenvalue weighted by Gasteiger charge is -2.13. The Morgan fingerprint density at radius 2 is 2.35 bits per heavy atom. The fraction of sp³-hybridized carbons (Fsp3) is 0.562. The third-order valence-corrected chi connectivity index (χ3v) is 3.84. The molecular weight excluding hydrogens is 254 g/mol. The zero-order valence-corrected chi connectivity index (χ0v) is 12.1. The zero-order valence-electron chi connectivity index (χ0n) is 12.1. The first-order valence-corrected chi connectivity index (χ1v) is 7.33. The lowest BCUT2D eigenvalue weighted by Crippen LogP contribution is -2.33. The van der Waals surface area contributed by atoms with Gasteiger partial charge in [-0.1, -0.05) is 13.8 Å². The summed E-state index contributed by atoms with van der Waals surface area (Å²) in [7, 11) is 0. The van der Waals surface area contributed by atoms with Gasteiger partial charge < -0.3 is 14.8 Å². The molecule has 1 heterocycles. The first-order chi connectivity index (χ1) is 9.63. The lowest BCUT2D eigenvalue weighted by molar-refractivity contribution is -0.117. The van der Waals surface area contributed by atoms with Crippen LogP contribution < -0.4 is 5.32 Å². The van der Waals surface area contributed by atoms with Gasteiger partial charge in [-0.2, -0.15) is 0 Å². The van der Waals surface area contributed by atoms with Gasteiger partial charge in [-0.15, -0.1) is 0 Å². The normalized spacial score (nSPS) is 22.9. The van der Waals surface area contributed by atoms with Crippen molar-refractivity contribution >= 4 is 12.0 Å². The number of carbonyl (C=O) groups excluding carboxylic acids is 1. The van der Waals surface area contributed by atoms with E-state index < -0.39 is 0 Å². The van der Waals surface area contributed by atoms with Gasteiger partial charge >= 0.3 is 0 Å². The van der Waals surface area contributed by atoms with Crippen LogP contribution in [0.4, 0.5) is 0 Å². The summed E-state index contributed by atoms with van der Waals surface area (Å²) in [6.07, 6.45) is 5.76. The molecule has 0 aromatic carbocycles. The number of nitrogens with one attached hydrogen (secondary N) is 1. The van der Waals surface area contributed by atoms with Crippen LogP contribution in [0, 0.1) is 5.92 Å². The summed E-state index contributed by atoms with van der Waals surface area (Å²) in [6.45, 7) is 4.28. The summed E-state index contributed by atoms with van der Waals surface area (Å²) in [5, 5.41) is 11.7. The summed E-state index contributed by atoms with van der Waals surface area (Å²) >= 11 is 0. The predicted octanol–water partition coefficient (Wildman–Crippen LogP) is 2.69. The topological polar surface area (TPSA) is 62.5 Å². The molecule has 1 amide bonds. The second-order valence-electron chi connectivity index (χ2n) is 5.52. The first kappa shape index (κ1) is 14.9. The minimum absolute atomic E-state index is 0.0247. The van der Waals surface area contributed by atoms with Crippen LogP contribution in [-0.2, 0) is 4.79 Å². The second kappa shape index (κ2) is 6.75. The van der Waals surface area contributed by atoms with E-state index in [0.29, 0.717) is 24.0 Å². The predicted molar refractivity (Wildman–Crippen MR) is 78.2 cm³/mol. The number of furan rings is 1. The van der Waals surface area contributed by atoms with Gasteiger partial charge in [-0.3, -0.25) is 4.79 Å². The van der Waals surface area contributed by atoms with Gasteiger partial charge in [0.05, 0.1) is 0 Å². The number of aliphatic hydroxyl groups is 1. The van der Waals surface area contributed by atoms with Crippen molar-refractivity contribution in [2.75, 3.05) is 6.61 Å². The third kappa shape index (κ3) is 3.97. The molecule has 4 heteroatoms. The molecule has 1 aliphatic carbocycles. The van der Waals surface area contributed by atoms with Gasteiger partial charge in [0.1, 0.15) is 11.5 Å². The SMILES string of the molecule is CCC(CCO)NC(=O)/C=C/c1ccc(C2CC2C)o1. The molecule has 0 saturated heterocycles. The van der Waals surface area contributed by atoms with Crippen LogP contribution in [0.3, 0.4) is 0 Å². The zero-order chi connectivity index (χ0) is 14.5. The standard InChI is InChI=1S/C16H23NO3/c1-3-12(8-9-18)17-16(19)7-5-13-4-6-15(20-13)14-10-11(14)2/h4-7,11-12,14,18H,3,8-10H2,1-2H3,(H,17,19)/b7-5+.